The lowest BCUT2D eigenvalue weighted by Crippen LogP contribution is -2.09. The summed E-state index contributed by atoms with van der Waals surface area (Å²) in [5, 5.41) is 0. The molecule has 64 valence electrons. The summed E-state index contributed by atoms with van der Waals surface area (Å²) in [4.78, 5) is 0. The fourth-order valence-electron chi connectivity index (χ4n) is 1.90. The minimum atomic E-state index is -1.08. The Labute approximate surface area is 72.4 Å². The van der Waals surface area contributed by atoms with Crippen LogP contribution in [0.1, 0.15) is 30.0 Å². The summed E-state index contributed by atoms with van der Waals surface area (Å²) in [6.45, 7) is 3.69. The zero-order chi connectivity index (χ0) is 8.77. The van der Waals surface area contributed by atoms with E-state index in [9.17, 15) is 4.39 Å². The molecule has 1 aliphatic carbocycles. The molecule has 0 fully saturated rings. The van der Waals surface area contributed by atoms with Crippen LogP contribution in [0.5, 0.6) is 0 Å². The highest BCUT2D eigenvalue weighted by Crippen LogP contribution is 2.39. The van der Waals surface area contributed by atoms with Crippen LogP contribution in [0.15, 0.2) is 18.2 Å². The predicted molar refractivity (Wildman–Crippen MR) is 48.0 cm³/mol. The Morgan fingerprint density at radius 2 is 2.17 bits per heavy atom. The molecule has 0 saturated heterocycles. The Kier molecular flexibility index (Phi) is 1.50. The Morgan fingerprint density at radius 1 is 1.42 bits per heavy atom. The van der Waals surface area contributed by atoms with Crippen molar-refractivity contribution in [1.82, 2.24) is 0 Å². The van der Waals surface area contributed by atoms with Crippen LogP contribution < -0.4 is 0 Å². The molecule has 0 spiro atoms. The normalized spacial score (nSPS) is 27.2. The zero-order valence-corrected chi connectivity index (χ0v) is 7.52. The molecule has 1 aromatic carbocycles. The minimum Gasteiger partial charge on any atom is -0.239 e. The third-order valence-electron chi connectivity index (χ3n) is 2.69. The van der Waals surface area contributed by atoms with Crippen molar-refractivity contribution < 1.29 is 4.39 Å². The van der Waals surface area contributed by atoms with E-state index in [4.69, 9.17) is 0 Å². The smallest absolute Gasteiger partial charge is 0.133 e. The van der Waals surface area contributed by atoms with Gasteiger partial charge in [0.1, 0.15) is 5.67 Å². The summed E-state index contributed by atoms with van der Waals surface area (Å²) in [5.41, 5.74) is 2.16. The van der Waals surface area contributed by atoms with E-state index in [1.54, 1.807) is 6.92 Å². The van der Waals surface area contributed by atoms with E-state index in [-0.39, 0.29) is 0 Å². The maximum atomic E-state index is 13.8. The topological polar surface area (TPSA) is 0 Å². The lowest BCUT2D eigenvalue weighted by atomic mass is 9.99. The highest BCUT2D eigenvalue weighted by Gasteiger charge is 2.33. The molecule has 0 aromatic heterocycles. The molecule has 1 aliphatic rings. The first-order chi connectivity index (χ1) is 5.59. The number of aryl methyl sites for hydroxylation is 2. The largest absolute Gasteiger partial charge is 0.239 e. The average Bonchev–Trinajstić information content (AvgIpc) is 2.28. The molecule has 0 N–H and O–H groups in total. The lowest BCUT2D eigenvalue weighted by Gasteiger charge is -2.14. The van der Waals surface area contributed by atoms with Crippen LogP contribution in [-0.2, 0) is 12.1 Å². The maximum absolute atomic E-state index is 13.8. The fraction of sp³-hybridized carbons (Fsp3) is 0.455. The van der Waals surface area contributed by atoms with Gasteiger partial charge in [0.15, 0.2) is 0 Å². The first-order valence-corrected chi connectivity index (χ1v) is 4.38. The van der Waals surface area contributed by atoms with Gasteiger partial charge in [-0.1, -0.05) is 23.8 Å². The molecule has 0 nitrogen and oxygen atoms in total. The molecule has 2 rings (SSSR count). The first-order valence-electron chi connectivity index (χ1n) is 4.38. The van der Waals surface area contributed by atoms with Crippen LogP contribution in [0, 0.1) is 6.92 Å². The molecule has 1 aromatic rings. The average molecular weight is 164 g/mol. The lowest BCUT2D eigenvalue weighted by molar-refractivity contribution is 0.194. The third kappa shape index (κ3) is 1.04. The molecule has 0 heterocycles. The molecular weight excluding hydrogens is 151 g/mol. The van der Waals surface area contributed by atoms with Gasteiger partial charge in [-0.3, -0.25) is 0 Å². The maximum Gasteiger partial charge on any atom is 0.133 e. The van der Waals surface area contributed by atoms with Gasteiger partial charge in [0.05, 0.1) is 0 Å². The van der Waals surface area contributed by atoms with Crippen LogP contribution in [0.3, 0.4) is 0 Å². The van der Waals surface area contributed by atoms with E-state index in [1.807, 2.05) is 13.0 Å². The van der Waals surface area contributed by atoms with E-state index < -0.39 is 5.67 Å². The SMILES string of the molecule is Cc1ccc2c(c1)C(C)(F)CC2. The summed E-state index contributed by atoms with van der Waals surface area (Å²) in [6, 6.07) is 6.08. The highest BCUT2D eigenvalue weighted by molar-refractivity contribution is 5.39. The molecule has 1 heteroatoms. The van der Waals surface area contributed by atoms with E-state index in [2.05, 4.69) is 12.1 Å². The Hall–Kier alpha value is -0.850. The van der Waals surface area contributed by atoms with Crippen molar-refractivity contribution in [3.8, 4) is 0 Å². The van der Waals surface area contributed by atoms with Gasteiger partial charge in [0.2, 0.25) is 0 Å². The second-order valence-electron chi connectivity index (χ2n) is 3.86. The molecular formula is C11H13F. The standard InChI is InChI=1S/C11H13F/c1-8-3-4-9-5-6-11(2,12)10(9)7-8/h3-4,7H,5-6H2,1-2H3. The molecule has 0 saturated carbocycles. The van der Waals surface area contributed by atoms with Gasteiger partial charge in [0, 0.05) is 0 Å². The summed E-state index contributed by atoms with van der Waals surface area (Å²) in [7, 11) is 0. The van der Waals surface area contributed by atoms with Crippen molar-refractivity contribution in [2.45, 2.75) is 32.4 Å². The zero-order valence-electron chi connectivity index (χ0n) is 7.52. The van der Waals surface area contributed by atoms with Gasteiger partial charge in [-0.15, -0.1) is 0 Å². The molecule has 1 unspecified atom stereocenters. The van der Waals surface area contributed by atoms with E-state index in [1.165, 1.54) is 5.56 Å². The quantitative estimate of drug-likeness (QED) is 0.552. The number of alkyl halides is 1. The summed E-state index contributed by atoms with van der Waals surface area (Å²) in [6.07, 6.45) is 1.54. The monoisotopic (exact) mass is 164 g/mol. The van der Waals surface area contributed by atoms with Crippen LogP contribution in [0.2, 0.25) is 0 Å². The molecule has 1 atom stereocenters. The van der Waals surface area contributed by atoms with E-state index >= 15 is 0 Å². The Balaban J connectivity index is 2.57. The summed E-state index contributed by atoms with van der Waals surface area (Å²) < 4.78 is 13.8. The van der Waals surface area contributed by atoms with Crippen LogP contribution in [0.25, 0.3) is 0 Å². The predicted octanol–water partition coefficient (Wildman–Crippen LogP) is 3.13. The van der Waals surface area contributed by atoms with E-state index in [0.29, 0.717) is 6.42 Å². The van der Waals surface area contributed by atoms with Crippen molar-refractivity contribution in [2.24, 2.45) is 0 Å². The van der Waals surface area contributed by atoms with Crippen LogP contribution >= 0.6 is 0 Å². The molecule has 0 amide bonds. The number of halogens is 1. The number of hydrogen-bond donors (Lipinski definition) is 0. The second kappa shape index (κ2) is 2.32. The van der Waals surface area contributed by atoms with Crippen molar-refractivity contribution in [3.63, 3.8) is 0 Å². The Bertz CT molecular complexity index is 313. The summed E-state index contributed by atoms with van der Waals surface area (Å²) >= 11 is 0. The molecule has 12 heavy (non-hydrogen) atoms. The highest BCUT2D eigenvalue weighted by atomic mass is 19.1. The molecule has 0 radical (unpaired) electrons. The van der Waals surface area contributed by atoms with Gasteiger partial charge in [-0.05, 0) is 37.8 Å². The van der Waals surface area contributed by atoms with Gasteiger partial charge in [-0.25, -0.2) is 4.39 Å². The first kappa shape index (κ1) is 7.78. The van der Waals surface area contributed by atoms with E-state index in [0.717, 1.165) is 17.5 Å². The molecule has 0 aliphatic heterocycles. The van der Waals surface area contributed by atoms with Crippen molar-refractivity contribution in [2.75, 3.05) is 0 Å². The minimum absolute atomic E-state index is 0.645. The number of rotatable bonds is 0. The third-order valence-corrected chi connectivity index (χ3v) is 2.69. The second-order valence-corrected chi connectivity index (χ2v) is 3.86. The molecule has 0 bridgehead atoms. The Morgan fingerprint density at radius 3 is 2.92 bits per heavy atom. The van der Waals surface area contributed by atoms with Gasteiger partial charge >= 0.3 is 0 Å². The van der Waals surface area contributed by atoms with Crippen molar-refractivity contribution in [3.05, 3.63) is 34.9 Å². The fourth-order valence-corrected chi connectivity index (χ4v) is 1.90. The van der Waals surface area contributed by atoms with Gasteiger partial charge in [-0.2, -0.15) is 0 Å². The number of fused-ring (bicyclic) bond motifs is 1. The summed E-state index contributed by atoms with van der Waals surface area (Å²) in [5.74, 6) is 0. The van der Waals surface area contributed by atoms with Crippen LogP contribution in [0.4, 0.5) is 4.39 Å². The van der Waals surface area contributed by atoms with Crippen molar-refractivity contribution in [1.29, 1.82) is 0 Å². The van der Waals surface area contributed by atoms with Crippen molar-refractivity contribution >= 4 is 0 Å². The number of hydrogen-bond acceptors (Lipinski definition) is 0. The van der Waals surface area contributed by atoms with Crippen LogP contribution in [-0.4, -0.2) is 0 Å². The van der Waals surface area contributed by atoms with Gasteiger partial charge < -0.3 is 0 Å². The number of benzene rings is 1. The van der Waals surface area contributed by atoms with Gasteiger partial charge in [0.25, 0.3) is 0 Å².